The lowest BCUT2D eigenvalue weighted by molar-refractivity contribution is 0.0695. The minimum atomic E-state index is -1.34. The van der Waals surface area contributed by atoms with Crippen LogP contribution in [0.25, 0.3) is 11.1 Å². The van der Waals surface area contributed by atoms with Crippen LogP contribution in [0.3, 0.4) is 0 Å². The number of carbonyl (C=O) groups is 2. The van der Waals surface area contributed by atoms with E-state index in [1.54, 1.807) is 0 Å². The van der Waals surface area contributed by atoms with Crippen molar-refractivity contribution >= 4 is 46.7 Å². The zero-order valence-corrected chi connectivity index (χ0v) is 14.0. The molecular formula is C15H10Cl3NO4. The van der Waals surface area contributed by atoms with Crippen molar-refractivity contribution in [3.63, 3.8) is 0 Å². The van der Waals surface area contributed by atoms with E-state index in [2.05, 4.69) is 4.98 Å². The highest BCUT2D eigenvalue weighted by atomic mass is 35.5. The van der Waals surface area contributed by atoms with E-state index in [1.807, 2.05) is 0 Å². The Kier molecular flexibility index (Phi) is 5.14. The summed E-state index contributed by atoms with van der Waals surface area (Å²) in [5.74, 6) is -2.82. The van der Waals surface area contributed by atoms with Gasteiger partial charge in [-0.1, -0.05) is 29.3 Å². The summed E-state index contributed by atoms with van der Waals surface area (Å²) in [6.45, 7) is 1.47. The molecule has 0 saturated carbocycles. The van der Waals surface area contributed by atoms with Gasteiger partial charge in [0.15, 0.2) is 0 Å². The number of alkyl halides is 1. The smallest absolute Gasteiger partial charge is 0.338 e. The number of aromatic carboxylic acids is 2. The number of pyridine rings is 1. The van der Waals surface area contributed by atoms with Gasteiger partial charge >= 0.3 is 11.9 Å². The van der Waals surface area contributed by atoms with Crippen molar-refractivity contribution in [2.45, 2.75) is 12.8 Å². The number of carboxylic acid groups (broad SMARTS) is 2. The number of hydrogen-bond acceptors (Lipinski definition) is 3. The van der Waals surface area contributed by atoms with E-state index in [1.165, 1.54) is 25.1 Å². The zero-order valence-electron chi connectivity index (χ0n) is 11.7. The molecule has 5 nitrogen and oxygen atoms in total. The van der Waals surface area contributed by atoms with Crippen molar-refractivity contribution in [2.75, 3.05) is 0 Å². The molecule has 1 heterocycles. The molecule has 0 atom stereocenters. The van der Waals surface area contributed by atoms with Crippen LogP contribution < -0.4 is 0 Å². The van der Waals surface area contributed by atoms with Gasteiger partial charge in [0.1, 0.15) is 0 Å². The molecule has 1 aromatic heterocycles. The number of aromatic nitrogens is 1. The highest BCUT2D eigenvalue weighted by Crippen LogP contribution is 2.37. The van der Waals surface area contributed by atoms with Crippen LogP contribution in [0.1, 0.15) is 32.1 Å². The van der Waals surface area contributed by atoms with Crippen LogP contribution in [0.2, 0.25) is 10.0 Å². The van der Waals surface area contributed by atoms with Gasteiger partial charge in [0.2, 0.25) is 0 Å². The molecule has 0 aliphatic rings. The molecule has 0 aliphatic heterocycles. The third-order valence-electron chi connectivity index (χ3n) is 3.21. The molecule has 1 aromatic carbocycles. The van der Waals surface area contributed by atoms with E-state index in [0.717, 1.165) is 0 Å². The molecule has 0 radical (unpaired) electrons. The van der Waals surface area contributed by atoms with Crippen LogP contribution in [-0.2, 0) is 5.88 Å². The van der Waals surface area contributed by atoms with Gasteiger partial charge in [0.25, 0.3) is 0 Å². The van der Waals surface area contributed by atoms with E-state index in [9.17, 15) is 19.8 Å². The van der Waals surface area contributed by atoms with Gasteiger partial charge in [-0.2, -0.15) is 0 Å². The predicted octanol–water partition coefficient (Wildman–Crippen LogP) is 4.50. The predicted molar refractivity (Wildman–Crippen MR) is 87.9 cm³/mol. The Morgan fingerprint density at radius 1 is 1.13 bits per heavy atom. The third kappa shape index (κ3) is 3.27. The number of hydrogen-bond donors (Lipinski definition) is 2. The van der Waals surface area contributed by atoms with Crippen LogP contribution in [-0.4, -0.2) is 27.1 Å². The Morgan fingerprint density at radius 3 is 2.22 bits per heavy atom. The Bertz CT molecular complexity index is 821. The number of carboxylic acids is 2. The SMILES string of the molecule is Cc1nc(CCl)c(C(=O)O)c(-c2ccc(Cl)cc2Cl)c1C(=O)O. The summed E-state index contributed by atoms with van der Waals surface area (Å²) < 4.78 is 0. The first-order valence-electron chi connectivity index (χ1n) is 6.29. The Balaban J connectivity index is 3.01. The Hall–Kier alpha value is -1.82. The number of benzene rings is 1. The standard InChI is InChI=1S/C15H10Cl3NO4/c1-6-11(14(20)21)12(8-3-2-7(17)4-9(8)18)13(15(22)23)10(5-16)19-6/h2-4H,5H2,1H3,(H,20,21)(H,22,23). The molecule has 2 N–H and O–H groups in total. The zero-order chi connectivity index (χ0) is 17.3. The first kappa shape index (κ1) is 17.5. The fourth-order valence-corrected chi connectivity index (χ4v) is 3.01. The van der Waals surface area contributed by atoms with Crippen molar-refractivity contribution in [3.8, 4) is 11.1 Å². The lowest BCUT2D eigenvalue weighted by atomic mass is 9.92. The van der Waals surface area contributed by atoms with Crippen molar-refractivity contribution in [3.05, 3.63) is 50.8 Å². The quantitative estimate of drug-likeness (QED) is 0.769. The van der Waals surface area contributed by atoms with Crippen molar-refractivity contribution in [2.24, 2.45) is 0 Å². The maximum Gasteiger partial charge on any atom is 0.338 e. The van der Waals surface area contributed by atoms with Gasteiger partial charge < -0.3 is 10.2 Å². The molecule has 0 bridgehead atoms. The average Bonchev–Trinajstić information content (AvgIpc) is 2.45. The summed E-state index contributed by atoms with van der Waals surface area (Å²) in [6.07, 6.45) is 0. The molecule has 0 fully saturated rings. The summed E-state index contributed by atoms with van der Waals surface area (Å²) in [5.41, 5.74) is -0.0906. The Morgan fingerprint density at radius 2 is 1.74 bits per heavy atom. The molecular weight excluding hydrogens is 365 g/mol. The van der Waals surface area contributed by atoms with Crippen molar-refractivity contribution in [1.29, 1.82) is 0 Å². The summed E-state index contributed by atoms with van der Waals surface area (Å²) in [4.78, 5) is 27.3. The lowest BCUT2D eigenvalue weighted by Gasteiger charge is -2.16. The topological polar surface area (TPSA) is 87.5 Å². The number of halogens is 3. The molecule has 0 aliphatic carbocycles. The van der Waals surface area contributed by atoms with Crippen molar-refractivity contribution < 1.29 is 19.8 Å². The average molecular weight is 375 g/mol. The fraction of sp³-hybridized carbons (Fsp3) is 0.133. The maximum atomic E-state index is 11.7. The second kappa shape index (κ2) is 6.74. The van der Waals surface area contributed by atoms with Crippen LogP contribution >= 0.6 is 34.8 Å². The van der Waals surface area contributed by atoms with Gasteiger partial charge in [-0.15, -0.1) is 11.6 Å². The normalized spacial score (nSPS) is 10.6. The van der Waals surface area contributed by atoms with E-state index in [4.69, 9.17) is 34.8 Å². The first-order valence-corrected chi connectivity index (χ1v) is 7.58. The fourth-order valence-electron chi connectivity index (χ4n) is 2.31. The summed E-state index contributed by atoms with van der Waals surface area (Å²) >= 11 is 17.8. The number of aryl methyl sites for hydroxylation is 1. The first-order chi connectivity index (χ1) is 10.8. The van der Waals surface area contributed by atoms with E-state index in [-0.39, 0.29) is 44.5 Å². The highest BCUT2D eigenvalue weighted by molar-refractivity contribution is 6.36. The lowest BCUT2D eigenvalue weighted by Crippen LogP contribution is -2.14. The largest absolute Gasteiger partial charge is 0.478 e. The summed E-state index contributed by atoms with van der Waals surface area (Å²) in [5, 5.41) is 19.5. The van der Waals surface area contributed by atoms with E-state index in [0.29, 0.717) is 5.02 Å². The molecule has 0 saturated heterocycles. The Labute approximate surface area is 146 Å². The molecule has 23 heavy (non-hydrogen) atoms. The monoisotopic (exact) mass is 373 g/mol. The molecule has 2 rings (SSSR count). The van der Waals surface area contributed by atoms with Crippen LogP contribution in [0.4, 0.5) is 0 Å². The molecule has 0 unspecified atom stereocenters. The maximum absolute atomic E-state index is 11.7. The van der Waals surface area contributed by atoms with Crippen LogP contribution in [0.5, 0.6) is 0 Å². The van der Waals surface area contributed by atoms with Crippen LogP contribution in [0.15, 0.2) is 18.2 Å². The van der Waals surface area contributed by atoms with E-state index >= 15 is 0 Å². The minimum absolute atomic E-state index is 0.0326. The second-order valence-electron chi connectivity index (χ2n) is 4.64. The summed E-state index contributed by atoms with van der Waals surface area (Å²) in [6, 6.07) is 4.37. The summed E-state index contributed by atoms with van der Waals surface area (Å²) in [7, 11) is 0. The molecule has 2 aromatic rings. The molecule has 0 amide bonds. The van der Waals surface area contributed by atoms with Crippen molar-refractivity contribution in [1.82, 2.24) is 4.98 Å². The molecule has 0 spiro atoms. The van der Waals surface area contributed by atoms with Gasteiger partial charge in [-0.25, -0.2) is 9.59 Å². The van der Waals surface area contributed by atoms with Gasteiger partial charge in [-0.3, -0.25) is 4.98 Å². The third-order valence-corrected chi connectivity index (χ3v) is 4.01. The molecule has 120 valence electrons. The second-order valence-corrected chi connectivity index (χ2v) is 5.75. The highest BCUT2D eigenvalue weighted by Gasteiger charge is 2.28. The van der Waals surface area contributed by atoms with Gasteiger partial charge in [0.05, 0.1) is 28.4 Å². The number of nitrogens with zero attached hydrogens (tertiary/aromatic N) is 1. The number of rotatable bonds is 4. The minimum Gasteiger partial charge on any atom is -0.478 e. The van der Waals surface area contributed by atoms with E-state index < -0.39 is 11.9 Å². The van der Waals surface area contributed by atoms with Gasteiger partial charge in [0, 0.05) is 21.2 Å². The molecule has 8 heteroatoms. The van der Waals surface area contributed by atoms with Gasteiger partial charge in [-0.05, 0) is 19.1 Å². The van der Waals surface area contributed by atoms with Crippen LogP contribution in [0, 0.1) is 6.92 Å².